The molecule has 0 aliphatic heterocycles. The van der Waals surface area contributed by atoms with Gasteiger partial charge in [-0.3, -0.25) is 0 Å². The molecular formula is C9H6BrF5O2. The monoisotopic (exact) mass is 320 g/mol. The number of rotatable bonds is 4. The maximum atomic E-state index is 13.0. The summed E-state index contributed by atoms with van der Waals surface area (Å²) < 4.78 is 69.7. The summed E-state index contributed by atoms with van der Waals surface area (Å²) in [7, 11) is 0. The van der Waals surface area contributed by atoms with Gasteiger partial charge in [-0.25, -0.2) is 4.39 Å². The van der Waals surface area contributed by atoms with Gasteiger partial charge in [0.2, 0.25) is 5.82 Å². The lowest BCUT2D eigenvalue weighted by molar-refractivity contribution is -0.187. The van der Waals surface area contributed by atoms with E-state index in [1.54, 1.807) is 0 Å². The van der Waals surface area contributed by atoms with Crippen molar-refractivity contribution in [3.05, 3.63) is 28.2 Å². The average molecular weight is 321 g/mol. The molecule has 96 valence electrons. The van der Waals surface area contributed by atoms with Gasteiger partial charge < -0.3 is 9.47 Å². The maximum absolute atomic E-state index is 13.0. The van der Waals surface area contributed by atoms with Gasteiger partial charge in [0.25, 0.3) is 0 Å². The number of alkyl halides is 3. The van der Waals surface area contributed by atoms with Gasteiger partial charge in [-0.05, 0) is 12.1 Å². The summed E-state index contributed by atoms with van der Waals surface area (Å²) in [5, 5.41) is 0. The van der Waals surface area contributed by atoms with Crippen molar-refractivity contribution in [3.63, 3.8) is 0 Å². The Morgan fingerprint density at radius 3 is 2.41 bits per heavy atom. The molecule has 0 N–H and O–H groups in total. The zero-order valence-electron chi connectivity index (χ0n) is 8.15. The molecule has 0 amide bonds. The van der Waals surface area contributed by atoms with Gasteiger partial charge in [0.1, 0.15) is 6.61 Å². The molecule has 0 aliphatic rings. The Bertz CT molecular complexity index is 394. The fourth-order valence-electron chi connectivity index (χ4n) is 0.900. The molecule has 0 saturated heterocycles. The molecule has 0 saturated carbocycles. The number of halogens is 6. The first-order valence-electron chi connectivity index (χ1n) is 4.21. The summed E-state index contributed by atoms with van der Waals surface area (Å²) in [6.45, 7) is -2.35. The molecule has 8 heteroatoms. The highest BCUT2D eigenvalue weighted by atomic mass is 79.9. The fraction of sp³-hybridized carbons (Fsp3) is 0.333. The van der Waals surface area contributed by atoms with E-state index in [0.29, 0.717) is 0 Å². The van der Waals surface area contributed by atoms with E-state index in [9.17, 15) is 22.0 Å². The predicted octanol–water partition coefficient (Wildman–Crippen LogP) is 3.64. The molecule has 1 aromatic carbocycles. The van der Waals surface area contributed by atoms with Gasteiger partial charge in [0, 0.05) is 4.47 Å². The van der Waals surface area contributed by atoms with Crippen LogP contribution in [-0.4, -0.2) is 19.6 Å². The molecule has 0 fully saturated rings. The third-order valence-corrected chi connectivity index (χ3v) is 1.98. The first-order chi connectivity index (χ1) is 7.79. The molecule has 0 atom stereocenters. The van der Waals surface area contributed by atoms with Crippen molar-refractivity contribution in [1.82, 2.24) is 0 Å². The number of ether oxygens (including phenoxy) is 2. The largest absolute Gasteiger partial charge is 0.464 e. The normalized spacial score (nSPS) is 11.6. The lowest BCUT2D eigenvalue weighted by Gasteiger charge is -2.10. The van der Waals surface area contributed by atoms with Gasteiger partial charge in [-0.15, -0.1) is 0 Å². The summed E-state index contributed by atoms with van der Waals surface area (Å²) >= 11 is 2.88. The van der Waals surface area contributed by atoms with E-state index >= 15 is 0 Å². The van der Waals surface area contributed by atoms with Gasteiger partial charge >= 0.3 is 6.18 Å². The fourth-order valence-corrected chi connectivity index (χ4v) is 1.31. The van der Waals surface area contributed by atoms with Gasteiger partial charge in [0.05, 0.1) is 0 Å². The quantitative estimate of drug-likeness (QED) is 0.365. The van der Waals surface area contributed by atoms with Crippen molar-refractivity contribution >= 4 is 15.9 Å². The highest BCUT2D eigenvalue weighted by Gasteiger charge is 2.27. The third-order valence-electron chi connectivity index (χ3n) is 1.52. The Hall–Kier alpha value is -0.890. The van der Waals surface area contributed by atoms with Crippen LogP contribution in [0.15, 0.2) is 16.6 Å². The maximum Gasteiger partial charge on any atom is 0.411 e. The van der Waals surface area contributed by atoms with Crippen molar-refractivity contribution in [2.24, 2.45) is 0 Å². The zero-order valence-corrected chi connectivity index (χ0v) is 9.74. The average Bonchev–Trinajstić information content (AvgIpc) is 2.18. The Kier molecular flexibility index (Phi) is 4.70. The molecule has 0 spiro atoms. The second-order valence-corrected chi connectivity index (χ2v) is 3.84. The molecule has 0 bridgehead atoms. The van der Waals surface area contributed by atoms with Crippen molar-refractivity contribution in [1.29, 1.82) is 0 Å². The molecule has 0 radical (unpaired) electrons. The Balaban J connectivity index is 2.52. The molecule has 17 heavy (non-hydrogen) atoms. The molecule has 0 aliphatic carbocycles. The van der Waals surface area contributed by atoms with Crippen molar-refractivity contribution in [3.8, 4) is 5.75 Å². The zero-order chi connectivity index (χ0) is 13.1. The summed E-state index contributed by atoms with van der Waals surface area (Å²) in [6.07, 6.45) is -4.50. The minimum atomic E-state index is -4.50. The molecule has 1 rings (SSSR count). The summed E-state index contributed by atoms with van der Waals surface area (Å²) in [4.78, 5) is 0. The molecule has 1 aromatic rings. The van der Waals surface area contributed by atoms with Crippen LogP contribution < -0.4 is 4.74 Å². The number of hydrogen-bond donors (Lipinski definition) is 0. The van der Waals surface area contributed by atoms with Crippen LogP contribution in [0.25, 0.3) is 0 Å². The van der Waals surface area contributed by atoms with Crippen LogP contribution in [0, 0.1) is 11.6 Å². The highest BCUT2D eigenvalue weighted by molar-refractivity contribution is 9.10. The Morgan fingerprint density at radius 1 is 1.18 bits per heavy atom. The van der Waals surface area contributed by atoms with Crippen LogP contribution in [-0.2, 0) is 4.74 Å². The summed E-state index contributed by atoms with van der Waals surface area (Å²) in [6, 6.07) is 1.94. The molecule has 0 aromatic heterocycles. The smallest absolute Gasteiger partial charge is 0.411 e. The van der Waals surface area contributed by atoms with Crippen molar-refractivity contribution in [2.75, 3.05) is 13.4 Å². The van der Waals surface area contributed by atoms with E-state index in [4.69, 9.17) is 0 Å². The standard InChI is InChI=1S/C9H6BrF5O2/c10-5-1-6(11)8(12)7(2-5)17-4-16-3-9(13,14)15/h1-2H,3-4H2. The molecule has 0 unspecified atom stereocenters. The van der Waals surface area contributed by atoms with Crippen molar-refractivity contribution < 1.29 is 31.4 Å². The lowest BCUT2D eigenvalue weighted by atomic mass is 10.3. The van der Waals surface area contributed by atoms with E-state index < -0.39 is 37.0 Å². The second kappa shape index (κ2) is 5.63. The highest BCUT2D eigenvalue weighted by Crippen LogP contribution is 2.25. The van der Waals surface area contributed by atoms with E-state index in [-0.39, 0.29) is 4.47 Å². The topological polar surface area (TPSA) is 18.5 Å². The van der Waals surface area contributed by atoms with Crippen LogP contribution in [0.3, 0.4) is 0 Å². The first-order valence-corrected chi connectivity index (χ1v) is 5.01. The molecule has 2 nitrogen and oxygen atoms in total. The number of benzene rings is 1. The van der Waals surface area contributed by atoms with Crippen LogP contribution in [0.1, 0.15) is 0 Å². The Morgan fingerprint density at radius 2 is 1.82 bits per heavy atom. The van der Waals surface area contributed by atoms with Crippen molar-refractivity contribution in [2.45, 2.75) is 6.18 Å². The van der Waals surface area contributed by atoms with Crippen LogP contribution in [0.4, 0.5) is 22.0 Å². The third kappa shape index (κ3) is 4.86. The van der Waals surface area contributed by atoms with Gasteiger partial charge in [-0.1, -0.05) is 15.9 Å². The van der Waals surface area contributed by atoms with Crippen LogP contribution in [0.2, 0.25) is 0 Å². The molecule has 0 heterocycles. The summed E-state index contributed by atoms with van der Waals surface area (Å²) in [5.74, 6) is -2.99. The van der Waals surface area contributed by atoms with Gasteiger partial charge in [-0.2, -0.15) is 17.6 Å². The lowest BCUT2D eigenvalue weighted by Crippen LogP contribution is -2.19. The Labute approximate surface area is 101 Å². The first kappa shape index (κ1) is 14.2. The van der Waals surface area contributed by atoms with Gasteiger partial charge in [0.15, 0.2) is 18.4 Å². The van der Waals surface area contributed by atoms with E-state index in [0.717, 1.165) is 12.1 Å². The summed E-state index contributed by atoms with van der Waals surface area (Å²) in [5.41, 5.74) is 0. The predicted molar refractivity (Wildman–Crippen MR) is 51.6 cm³/mol. The van der Waals surface area contributed by atoms with Crippen LogP contribution in [0.5, 0.6) is 5.75 Å². The van der Waals surface area contributed by atoms with E-state index in [1.807, 2.05) is 0 Å². The van der Waals surface area contributed by atoms with E-state index in [1.165, 1.54) is 0 Å². The second-order valence-electron chi connectivity index (χ2n) is 2.93. The minimum absolute atomic E-state index is 0.197. The van der Waals surface area contributed by atoms with E-state index in [2.05, 4.69) is 25.4 Å². The number of hydrogen-bond acceptors (Lipinski definition) is 2. The SMILES string of the molecule is Fc1cc(Br)cc(OCOCC(F)(F)F)c1F. The van der Waals surface area contributed by atoms with Crippen LogP contribution >= 0.6 is 15.9 Å². The molecular weight excluding hydrogens is 315 g/mol. The minimum Gasteiger partial charge on any atom is -0.464 e.